The minimum atomic E-state index is 1.00. The van der Waals surface area contributed by atoms with E-state index in [1.54, 1.807) is 0 Å². The highest BCUT2D eigenvalue weighted by molar-refractivity contribution is 7.97. The summed E-state index contributed by atoms with van der Waals surface area (Å²) >= 11 is 3.09. The minimum absolute atomic E-state index is 1.00. The topological polar surface area (TPSA) is 25.8 Å². The molecule has 1 heterocycles. The number of nitrogens with zero attached hydrogens (tertiary/aromatic N) is 2. The molecule has 4 heteroatoms. The zero-order valence-corrected chi connectivity index (χ0v) is 10.3. The first-order valence-electron chi connectivity index (χ1n) is 4.60. The van der Waals surface area contributed by atoms with Crippen molar-refractivity contribution in [3.8, 4) is 0 Å². The van der Waals surface area contributed by atoms with E-state index >= 15 is 0 Å². The molecule has 0 aliphatic carbocycles. The van der Waals surface area contributed by atoms with Crippen molar-refractivity contribution in [1.82, 2.24) is 8.75 Å². The lowest BCUT2D eigenvalue weighted by atomic mass is 10.2. The highest BCUT2D eigenvalue weighted by atomic mass is 32.2. The van der Waals surface area contributed by atoms with Crippen LogP contribution in [0.3, 0.4) is 0 Å². The van der Waals surface area contributed by atoms with Crippen molar-refractivity contribution >= 4 is 34.5 Å². The third-order valence-corrected chi connectivity index (χ3v) is 2.81. The third-order valence-electron chi connectivity index (χ3n) is 1.63. The van der Waals surface area contributed by atoms with Gasteiger partial charge in [0.25, 0.3) is 0 Å². The SMILES string of the molecule is CC.CSCc1ccc2nsnc2c1. The first-order chi connectivity index (χ1) is 6.90. The van der Waals surface area contributed by atoms with E-state index in [1.165, 1.54) is 17.3 Å². The summed E-state index contributed by atoms with van der Waals surface area (Å²) in [6, 6.07) is 6.25. The average Bonchev–Trinajstić information content (AvgIpc) is 2.68. The van der Waals surface area contributed by atoms with Crippen molar-refractivity contribution in [3.05, 3.63) is 23.8 Å². The van der Waals surface area contributed by atoms with Crippen molar-refractivity contribution in [2.24, 2.45) is 0 Å². The summed E-state index contributed by atoms with van der Waals surface area (Å²) in [5.41, 5.74) is 3.35. The van der Waals surface area contributed by atoms with Crippen LogP contribution in [-0.4, -0.2) is 15.0 Å². The van der Waals surface area contributed by atoms with Gasteiger partial charge in [-0.2, -0.15) is 20.5 Å². The summed E-state index contributed by atoms with van der Waals surface area (Å²) in [6.07, 6.45) is 2.10. The first-order valence-corrected chi connectivity index (χ1v) is 6.73. The van der Waals surface area contributed by atoms with Crippen molar-refractivity contribution in [1.29, 1.82) is 0 Å². The molecule has 2 nitrogen and oxygen atoms in total. The normalized spacial score (nSPS) is 9.64. The van der Waals surface area contributed by atoms with Crippen LogP contribution in [0.5, 0.6) is 0 Å². The Bertz CT molecular complexity index is 384. The molecule has 0 amide bonds. The Morgan fingerprint density at radius 2 is 1.93 bits per heavy atom. The van der Waals surface area contributed by atoms with Crippen LogP contribution in [0.1, 0.15) is 19.4 Å². The smallest absolute Gasteiger partial charge is 0.105 e. The maximum absolute atomic E-state index is 4.18. The molecule has 0 bridgehead atoms. The molecule has 0 atom stereocenters. The Kier molecular flexibility index (Phi) is 4.90. The van der Waals surface area contributed by atoms with Crippen LogP contribution in [-0.2, 0) is 5.75 Å². The summed E-state index contributed by atoms with van der Waals surface area (Å²) in [5.74, 6) is 1.05. The van der Waals surface area contributed by atoms with E-state index in [0.717, 1.165) is 16.8 Å². The molecule has 0 radical (unpaired) electrons. The summed E-state index contributed by atoms with van der Waals surface area (Å²) in [7, 11) is 0. The van der Waals surface area contributed by atoms with Crippen LogP contribution in [0, 0.1) is 0 Å². The van der Waals surface area contributed by atoms with Crippen LogP contribution in [0.4, 0.5) is 0 Å². The molecule has 1 aromatic carbocycles. The van der Waals surface area contributed by atoms with E-state index < -0.39 is 0 Å². The van der Waals surface area contributed by atoms with E-state index in [-0.39, 0.29) is 0 Å². The van der Waals surface area contributed by atoms with Crippen LogP contribution in [0.2, 0.25) is 0 Å². The first kappa shape index (κ1) is 11.5. The Labute approximate surface area is 93.1 Å². The molecule has 14 heavy (non-hydrogen) atoms. The van der Waals surface area contributed by atoms with Gasteiger partial charge in [-0.05, 0) is 24.0 Å². The average molecular weight is 226 g/mol. The quantitative estimate of drug-likeness (QED) is 0.782. The lowest BCUT2D eigenvalue weighted by Gasteiger charge is -1.95. The largest absolute Gasteiger partial charge is 0.173 e. The highest BCUT2D eigenvalue weighted by Gasteiger charge is 1.98. The van der Waals surface area contributed by atoms with Crippen molar-refractivity contribution in [2.45, 2.75) is 19.6 Å². The lowest BCUT2D eigenvalue weighted by molar-refractivity contribution is 1.43. The molecule has 0 saturated heterocycles. The number of fused-ring (bicyclic) bond motifs is 1. The number of aromatic nitrogens is 2. The highest BCUT2D eigenvalue weighted by Crippen LogP contribution is 2.16. The molecule has 0 N–H and O–H groups in total. The van der Waals surface area contributed by atoms with Gasteiger partial charge in [0, 0.05) is 5.75 Å². The second-order valence-corrected chi connectivity index (χ2v) is 3.91. The predicted molar refractivity (Wildman–Crippen MR) is 66.0 cm³/mol. The van der Waals surface area contributed by atoms with Gasteiger partial charge in [-0.15, -0.1) is 0 Å². The van der Waals surface area contributed by atoms with E-state index in [4.69, 9.17) is 0 Å². The van der Waals surface area contributed by atoms with Crippen LogP contribution < -0.4 is 0 Å². The standard InChI is InChI=1S/C8H8N2S2.C2H6/c1-11-5-6-2-3-7-8(4-6)10-12-9-7;1-2/h2-4H,5H2,1H3;1-2H3. The molecular formula is C10H14N2S2. The number of hydrogen-bond acceptors (Lipinski definition) is 4. The van der Waals surface area contributed by atoms with E-state index in [1.807, 2.05) is 31.7 Å². The van der Waals surface area contributed by atoms with E-state index in [0.29, 0.717) is 0 Å². The zero-order valence-electron chi connectivity index (χ0n) is 8.65. The lowest BCUT2D eigenvalue weighted by Crippen LogP contribution is -1.79. The molecule has 0 unspecified atom stereocenters. The molecule has 2 rings (SSSR count). The molecule has 0 saturated carbocycles. The maximum Gasteiger partial charge on any atom is 0.105 e. The van der Waals surface area contributed by atoms with Gasteiger partial charge in [0.1, 0.15) is 11.0 Å². The molecule has 0 spiro atoms. The molecule has 0 fully saturated rings. The van der Waals surface area contributed by atoms with Gasteiger partial charge in [0.15, 0.2) is 0 Å². The summed E-state index contributed by atoms with van der Waals surface area (Å²) < 4.78 is 8.33. The summed E-state index contributed by atoms with van der Waals surface area (Å²) in [4.78, 5) is 0. The number of thioether (sulfide) groups is 1. The van der Waals surface area contributed by atoms with Crippen molar-refractivity contribution < 1.29 is 0 Å². The fraction of sp³-hybridized carbons (Fsp3) is 0.400. The van der Waals surface area contributed by atoms with Crippen molar-refractivity contribution in [2.75, 3.05) is 6.26 Å². The van der Waals surface area contributed by atoms with Gasteiger partial charge >= 0.3 is 0 Å². The van der Waals surface area contributed by atoms with Crippen LogP contribution >= 0.6 is 23.5 Å². The second kappa shape index (κ2) is 5.98. The Balaban J connectivity index is 0.000000461. The van der Waals surface area contributed by atoms with Gasteiger partial charge in [-0.25, -0.2) is 0 Å². The number of rotatable bonds is 2. The predicted octanol–water partition coefficient (Wildman–Crippen LogP) is 3.58. The molecule has 0 aliphatic rings. The second-order valence-electron chi connectivity index (χ2n) is 2.52. The molecule has 0 aliphatic heterocycles. The van der Waals surface area contributed by atoms with Gasteiger partial charge < -0.3 is 0 Å². The van der Waals surface area contributed by atoms with Gasteiger partial charge in [-0.3, -0.25) is 0 Å². The molecule has 76 valence electrons. The maximum atomic E-state index is 4.18. The Morgan fingerprint density at radius 3 is 2.64 bits per heavy atom. The Hall–Kier alpha value is -0.610. The van der Waals surface area contributed by atoms with E-state index in [2.05, 4.69) is 27.1 Å². The fourth-order valence-electron chi connectivity index (χ4n) is 1.08. The van der Waals surface area contributed by atoms with E-state index in [9.17, 15) is 0 Å². The Morgan fingerprint density at radius 1 is 1.21 bits per heavy atom. The fourth-order valence-corrected chi connectivity index (χ4v) is 2.11. The summed E-state index contributed by atoms with van der Waals surface area (Å²) in [6.45, 7) is 4.00. The molecule has 2 aromatic rings. The molecule has 1 aromatic heterocycles. The van der Waals surface area contributed by atoms with Gasteiger partial charge in [0.2, 0.25) is 0 Å². The van der Waals surface area contributed by atoms with Gasteiger partial charge in [0.05, 0.1) is 11.7 Å². The monoisotopic (exact) mass is 226 g/mol. The minimum Gasteiger partial charge on any atom is -0.173 e. The zero-order chi connectivity index (χ0) is 10.4. The van der Waals surface area contributed by atoms with Crippen LogP contribution in [0.25, 0.3) is 11.0 Å². The molecular weight excluding hydrogens is 212 g/mol. The number of benzene rings is 1. The van der Waals surface area contributed by atoms with Crippen LogP contribution in [0.15, 0.2) is 18.2 Å². The van der Waals surface area contributed by atoms with Crippen molar-refractivity contribution in [3.63, 3.8) is 0 Å². The van der Waals surface area contributed by atoms with Gasteiger partial charge in [-0.1, -0.05) is 19.9 Å². The number of hydrogen-bond donors (Lipinski definition) is 0. The summed E-state index contributed by atoms with van der Waals surface area (Å²) in [5, 5.41) is 0. The third kappa shape index (κ3) is 2.69.